The number of nitrogens with zero attached hydrogens (tertiary/aromatic N) is 1. The number of ether oxygens (including phenoxy) is 4. The van der Waals surface area contributed by atoms with Crippen LogP contribution in [-0.4, -0.2) is 84.9 Å². The molecule has 3 aromatic rings. The molecular formula is C34H31N3O12. The van der Waals surface area contributed by atoms with Crippen molar-refractivity contribution < 1.29 is 57.3 Å². The van der Waals surface area contributed by atoms with Gasteiger partial charge in [0.2, 0.25) is 0 Å². The normalized spacial score (nSPS) is 12.3. The van der Waals surface area contributed by atoms with Crippen molar-refractivity contribution >= 4 is 58.9 Å². The quantitative estimate of drug-likeness (QED) is 0.153. The van der Waals surface area contributed by atoms with Crippen molar-refractivity contribution in [3.8, 4) is 0 Å². The van der Waals surface area contributed by atoms with Gasteiger partial charge in [0, 0.05) is 11.4 Å². The third kappa shape index (κ3) is 8.71. The van der Waals surface area contributed by atoms with Crippen molar-refractivity contribution in [3.05, 3.63) is 94.5 Å². The predicted molar refractivity (Wildman–Crippen MR) is 170 cm³/mol. The van der Waals surface area contributed by atoms with Crippen LogP contribution in [0.3, 0.4) is 0 Å². The molecule has 49 heavy (non-hydrogen) atoms. The van der Waals surface area contributed by atoms with Crippen LogP contribution in [0.15, 0.2) is 66.7 Å². The minimum absolute atomic E-state index is 0.0748. The fraction of sp³-hybridized carbons (Fsp3) is 0.235. The molecule has 1 aliphatic rings. The van der Waals surface area contributed by atoms with Crippen molar-refractivity contribution in [2.75, 3.05) is 37.1 Å². The zero-order valence-electron chi connectivity index (χ0n) is 26.6. The van der Waals surface area contributed by atoms with E-state index in [0.717, 1.165) is 6.07 Å². The predicted octanol–water partition coefficient (Wildman–Crippen LogP) is 3.00. The number of carbonyl (C=O) groups excluding carboxylic acids is 8. The molecule has 2 N–H and O–H groups in total. The lowest BCUT2D eigenvalue weighted by Gasteiger charge is -2.20. The summed E-state index contributed by atoms with van der Waals surface area (Å²) in [6.45, 7) is 3.61. The highest BCUT2D eigenvalue weighted by atomic mass is 16.5. The van der Waals surface area contributed by atoms with E-state index in [1.54, 1.807) is 13.8 Å². The average Bonchev–Trinajstić information content (AvgIpc) is 3.34. The van der Waals surface area contributed by atoms with Crippen molar-refractivity contribution in [2.24, 2.45) is 0 Å². The third-order valence-corrected chi connectivity index (χ3v) is 6.92. The molecule has 4 amide bonds. The van der Waals surface area contributed by atoms with Gasteiger partial charge < -0.3 is 29.6 Å². The fourth-order valence-corrected chi connectivity index (χ4v) is 4.52. The molecule has 15 nitrogen and oxygen atoms in total. The molecule has 0 bridgehead atoms. The standard InChI is InChI=1S/C34H31N3O12/c1-4-46-32(43)20-6-11-23(12-7-20)35-27(38)17-48-31(42)19(3)37-29(40)25-15-10-22(16-26(25)30(37)41)34(45)49-18-28(39)36-24-13-8-21(9-14-24)33(44)47-5-2/h6-16,19H,4-5,17-18H2,1-3H3,(H,35,38)(H,36,39)/t19-/m0/s1. The first-order chi connectivity index (χ1) is 23.4. The Kier molecular flexibility index (Phi) is 11.5. The number of fused-ring (bicyclic) bond motifs is 1. The molecule has 254 valence electrons. The van der Waals surface area contributed by atoms with E-state index in [2.05, 4.69) is 10.6 Å². The van der Waals surface area contributed by atoms with E-state index in [1.807, 2.05) is 0 Å². The molecule has 0 aliphatic carbocycles. The maximum Gasteiger partial charge on any atom is 0.338 e. The van der Waals surface area contributed by atoms with E-state index in [1.165, 1.54) is 67.6 Å². The number of anilines is 2. The summed E-state index contributed by atoms with van der Waals surface area (Å²) in [6, 6.07) is 13.8. The van der Waals surface area contributed by atoms with E-state index < -0.39 is 66.8 Å². The van der Waals surface area contributed by atoms with Crippen LogP contribution in [0.4, 0.5) is 11.4 Å². The van der Waals surface area contributed by atoms with Crippen molar-refractivity contribution in [1.29, 1.82) is 0 Å². The van der Waals surface area contributed by atoms with Crippen LogP contribution in [-0.2, 0) is 33.3 Å². The Labute approximate surface area is 279 Å². The van der Waals surface area contributed by atoms with Crippen LogP contribution >= 0.6 is 0 Å². The van der Waals surface area contributed by atoms with Crippen LogP contribution in [0.2, 0.25) is 0 Å². The molecule has 4 rings (SSSR count). The van der Waals surface area contributed by atoms with Crippen molar-refractivity contribution in [3.63, 3.8) is 0 Å². The summed E-state index contributed by atoms with van der Waals surface area (Å²) in [4.78, 5) is 100. The van der Waals surface area contributed by atoms with Gasteiger partial charge in [-0.05, 0) is 87.5 Å². The van der Waals surface area contributed by atoms with E-state index in [4.69, 9.17) is 18.9 Å². The Morgan fingerprint density at radius 2 is 1.02 bits per heavy atom. The topological polar surface area (TPSA) is 201 Å². The molecule has 0 radical (unpaired) electrons. The second kappa shape index (κ2) is 15.9. The molecule has 0 spiro atoms. The highest BCUT2D eigenvalue weighted by Gasteiger charge is 2.42. The molecule has 15 heteroatoms. The molecule has 0 aromatic heterocycles. The first-order valence-electron chi connectivity index (χ1n) is 14.9. The number of hydrogen-bond donors (Lipinski definition) is 2. The molecular weight excluding hydrogens is 642 g/mol. The average molecular weight is 674 g/mol. The largest absolute Gasteiger partial charge is 0.462 e. The van der Waals surface area contributed by atoms with Gasteiger partial charge in [-0.25, -0.2) is 19.2 Å². The molecule has 0 saturated carbocycles. The molecule has 0 unspecified atom stereocenters. The van der Waals surface area contributed by atoms with Gasteiger partial charge in [-0.15, -0.1) is 0 Å². The number of esters is 4. The molecule has 3 aromatic carbocycles. The monoisotopic (exact) mass is 673 g/mol. The van der Waals surface area contributed by atoms with Gasteiger partial charge in [0.25, 0.3) is 23.6 Å². The van der Waals surface area contributed by atoms with Crippen LogP contribution in [0.1, 0.15) is 72.6 Å². The van der Waals surface area contributed by atoms with E-state index in [9.17, 15) is 38.4 Å². The molecule has 1 atom stereocenters. The van der Waals surface area contributed by atoms with Gasteiger partial charge in [0.15, 0.2) is 13.2 Å². The number of imide groups is 1. The molecule has 0 fully saturated rings. The summed E-state index contributed by atoms with van der Waals surface area (Å²) in [5.41, 5.74) is 0.857. The Hall–Kier alpha value is -6.38. The number of rotatable bonds is 13. The minimum Gasteiger partial charge on any atom is -0.462 e. The Bertz CT molecular complexity index is 1800. The maximum atomic E-state index is 13.1. The van der Waals surface area contributed by atoms with Gasteiger partial charge in [0.1, 0.15) is 6.04 Å². The number of carbonyl (C=O) groups is 8. The SMILES string of the molecule is CCOC(=O)c1ccc(NC(=O)COC(=O)c2ccc3c(c2)C(=O)N([C@@H](C)C(=O)OCC(=O)Nc2ccc(C(=O)OCC)cc2)C3=O)cc1. The fourth-order valence-electron chi connectivity index (χ4n) is 4.52. The van der Waals surface area contributed by atoms with Crippen LogP contribution in [0.25, 0.3) is 0 Å². The van der Waals surface area contributed by atoms with Gasteiger partial charge in [0.05, 0.1) is 41.0 Å². The summed E-state index contributed by atoms with van der Waals surface area (Å²) >= 11 is 0. The molecule has 0 saturated heterocycles. The van der Waals surface area contributed by atoms with Gasteiger partial charge in [-0.2, -0.15) is 0 Å². The molecule has 1 aliphatic heterocycles. The Morgan fingerprint density at radius 3 is 1.51 bits per heavy atom. The Morgan fingerprint density at radius 1 is 0.592 bits per heavy atom. The second-order valence-corrected chi connectivity index (χ2v) is 10.3. The third-order valence-electron chi connectivity index (χ3n) is 6.92. The van der Waals surface area contributed by atoms with Gasteiger partial charge in [-0.3, -0.25) is 24.1 Å². The van der Waals surface area contributed by atoms with Crippen LogP contribution in [0.5, 0.6) is 0 Å². The first-order valence-corrected chi connectivity index (χ1v) is 14.9. The summed E-state index contributed by atoms with van der Waals surface area (Å²) in [7, 11) is 0. The second-order valence-electron chi connectivity index (χ2n) is 10.3. The first kappa shape index (κ1) is 35.5. The van der Waals surface area contributed by atoms with E-state index in [-0.39, 0.29) is 35.5 Å². The number of benzene rings is 3. The lowest BCUT2D eigenvalue weighted by atomic mass is 10.1. The number of nitrogens with one attached hydrogen (secondary N) is 2. The smallest absolute Gasteiger partial charge is 0.338 e. The zero-order valence-corrected chi connectivity index (χ0v) is 26.6. The molecule has 1 heterocycles. The highest BCUT2D eigenvalue weighted by molar-refractivity contribution is 6.23. The van der Waals surface area contributed by atoms with Gasteiger partial charge >= 0.3 is 23.9 Å². The summed E-state index contributed by atoms with van der Waals surface area (Å²) < 4.78 is 19.9. The Balaban J connectivity index is 1.28. The number of amides is 4. The minimum atomic E-state index is -1.42. The summed E-state index contributed by atoms with van der Waals surface area (Å²) in [5.74, 6) is -6.12. The lowest BCUT2D eigenvalue weighted by Crippen LogP contribution is -2.44. The van der Waals surface area contributed by atoms with E-state index in [0.29, 0.717) is 21.8 Å². The highest BCUT2D eigenvalue weighted by Crippen LogP contribution is 2.26. The summed E-state index contributed by atoms with van der Waals surface area (Å²) in [5, 5.41) is 5.00. The zero-order chi connectivity index (χ0) is 35.7. The van der Waals surface area contributed by atoms with Gasteiger partial charge in [-0.1, -0.05) is 0 Å². The van der Waals surface area contributed by atoms with Crippen molar-refractivity contribution in [1.82, 2.24) is 4.90 Å². The van der Waals surface area contributed by atoms with E-state index >= 15 is 0 Å². The maximum absolute atomic E-state index is 13.1. The van der Waals surface area contributed by atoms with Crippen molar-refractivity contribution in [2.45, 2.75) is 26.8 Å². The number of hydrogen-bond acceptors (Lipinski definition) is 12. The lowest BCUT2D eigenvalue weighted by molar-refractivity contribution is -0.150. The van der Waals surface area contributed by atoms with Crippen LogP contribution < -0.4 is 10.6 Å². The van der Waals surface area contributed by atoms with Crippen LogP contribution in [0, 0.1) is 0 Å². The summed E-state index contributed by atoms with van der Waals surface area (Å²) in [6.07, 6.45) is 0.